The van der Waals surface area contributed by atoms with Gasteiger partial charge in [0.15, 0.2) is 0 Å². The van der Waals surface area contributed by atoms with Crippen LogP contribution in [0.2, 0.25) is 0 Å². The second kappa shape index (κ2) is 9.31. The fourth-order valence-electron chi connectivity index (χ4n) is 3.21. The molecule has 1 N–H and O–H groups in total. The molecule has 2 rings (SSSR count). The number of sulfonamides is 1. The van der Waals surface area contributed by atoms with Crippen molar-refractivity contribution in [2.75, 3.05) is 17.7 Å². The zero-order valence-electron chi connectivity index (χ0n) is 17.9. The number of carbonyl (C=O) groups is 1. The molecule has 2 unspecified atom stereocenters. The van der Waals surface area contributed by atoms with Crippen LogP contribution in [0.5, 0.6) is 5.75 Å². The maximum absolute atomic E-state index is 12.9. The van der Waals surface area contributed by atoms with Crippen LogP contribution in [0.4, 0.5) is 5.69 Å². The predicted octanol–water partition coefficient (Wildman–Crippen LogP) is 3.60. The molecule has 0 fully saturated rings. The summed E-state index contributed by atoms with van der Waals surface area (Å²) in [4.78, 5) is 12.9. The van der Waals surface area contributed by atoms with Crippen molar-refractivity contribution < 1.29 is 17.9 Å². The van der Waals surface area contributed by atoms with Crippen molar-refractivity contribution in [3.63, 3.8) is 0 Å². The van der Waals surface area contributed by atoms with Crippen molar-refractivity contribution in [2.45, 2.75) is 46.2 Å². The van der Waals surface area contributed by atoms with E-state index < -0.39 is 16.1 Å². The molecule has 0 heterocycles. The topological polar surface area (TPSA) is 75.7 Å². The van der Waals surface area contributed by atoms with Gasteiger partial charge in [0.05, 0.1) is 25.1 Å². The summed E-state index contributed by atoms with van der Waals surface area (Å²) in [5, 5.41) is 2.92. The first-order valence-corrected chi connectivity index (χ1v) is 11.5. The zero-order chi connectivity index (χ0) is 21.8. The number of hydrogen-bond acceptors (Lipinski definition) is 4. The van der Waals surface area contributed by atoms with Crippen molar-refractivity contribution in [3.05, 3.63) is 59.2 Å². The van der Waals surface area contributed by atoms with Crippen LogP contribution in [-0.4, -0.2) is 33.7 Å². The third kappa shape index (κ3) is 5.50. The van der Waals surface area contributed by atoms with Crippen molar-refractivity contribution in [3.8, 4) is 5.75 Å². The Kier molecular flexibility index (Phi) is 7.30. The molecule has 0 aromatic heterocycles. The van der Waals surface area contributed by atoms with Crippen LogP contribution < -0.4 is 14.4 Å². The number of nitrogens with one attached hydrogen (secondary N) is 1. The minimum atomic E-state index is -3.73. The summed E-state index contributed by atoms with van der Waals surface area (Å²) in [5.74, 6) is 0.00919. The Morgan fingerprint density at radius 3 is 2.28 bits per heavy atom. The summed E-state index contributed by atoms with van der Waals surface area (Å²) < 4.78 is 31.6. The molecule has 0 radical (unpaired) electrons. The molecule has 0 spiro atoms. The van der Waals surface area contributed by atoms with E-state index in [-0.39, 0.29) is 11.9 Å². The van der Waals surface area contributed by atoms with Gasteiger partial charge in [-0.2, -0.15) is 0 Å². The van der Waals surface area contributed by atoms with Gasteiger partial charge >= 0.3 is 0 Å². The van der Waals surface area contributed by atoms with E-state index in [4.69, 9.17) is 4.74 Å². The predicted molar refractivity (Wildman–Crippen MR) is 117 cm³/mol. The van der Waals surface area contributed by atoms with Gasteiger partial charge in [0, 0.05) is 0 Å². The molecule has 1 amide bonds. The molecular formula is C22H30N2O4S. The monoisotopic (exact) mass is 418 g/mol. The molecule has 7 heteroatoms. The van der Waals surface area contributed by atoms with Gasteiger partial charge in [-0.25, -0.2) is 8.42 Å². The Labute approximate surface area is 173 Å². The number of carbonyl (C=O) groups excluding carboxylic acids is 1. The lowest BCUT2D eigenvalue weighted by atomic mass is 10.0. The van der Waals surface area contributed by atoms with Gasteiger partial charge in [-0.05, 0) is 56.0 Å². The number of benzene rings is 2. The molecule has 0 saturated carbocycles. The van der Waals surface area contributed by atoms with E-state index in [1.165, 1.54) is 12.7 Å². The van der Waals surface area contributed by atoms with Crippen LogP contribution >= 0.6 is 0 Å². The van der Waals surface area contributed by atoms with E-state index in [1.807, 2.05) is 44.2 Å². The first-order chi connectivity index (χ1) is 13.6. The van der Waals surface area contributed by atoms with Crippen molar-refractivity contribution in [1.29, 1.82) is 0 Å². The number of aryl methyl sites for hydroxylation is 2. The second-order valence-electron chi connectivity index (χ2n) is 7.24. The number of ether oxygens (including phenoxy) is 1. The van der Waals surface area contributed by atoms with Crippen molar-refractivity contribution in [2.24, 2.45) is 0 Å². The first kappa shape index (κ1) is 22.7. The second-order valence-corrected chi connectivity index (χ2v) is 9.09. The third-order valence-electron chi connectivity index (χ3n) is 4.91. The van der Waals surface area contributed by atoms with Crippen LogP contribution in [-0.2, 0) is 21.2 Å². The summed E-state index contributed by atoms with van der Waals surface area (Å²) in [6.45, 7) is 7.39. The van der Waals surface area contributed by atoms with Gasteiger partial charge in [-0.1, -0.05) is 37.3 Å². The van der Waals surface area contributed by atoms with Crippen molar-refractivity contribution in [1.82, 2.24) is 5.32 Å². The summed E-state index contributed by atoms with van der Waals surface area (Å²) in [6, 6.07) is 12.1. The largest absolute Gasteiger partial charge is 0.495 e. The summed E-state index contributed by atoms with van der Waals surface area (Å²) in [7, 11) is -2.25. The number of methoxy groups -OCH3 is 1. The Morgan fingerprint density at radius 1 is 1.14 bits per heavy atom. The molecule has 0 bridgehead atoms. The number of hydrogen-bond donors (Lipinski definition) is 1. The minimum absolute atomic E-state index is 0.253. The molecule has 0 saturated heterocycles. The van der Waals surface area contributed by atoms with Crippen LogP contribution in [0.1, 0.15) is 43.5 Å². The van der Waals surface area contributed by atoms with Gasteiger partial charge in [0.25, 0.3) is 0 Å². The third-order valence-corrected chi connectivity index (χ3v) is 6.13. The Morgan fingerprint density at radius 2 is 1.76 bits per heavy atom. The Hall–Kier alpha value is -2.54. The first-order valence-electron chi connectivity index (χ1n) is 9.61. The smallest absolute Gasteiger partial charge is 0.244 e. The molecule has 29 heavy (non-hydrogen) atoms. The zero-order valence-corrected chi connectivity index (χ0v) is 18.7. The summed E-state index contributed by atoms with van der Waals surface area (Å²) in [5.41, 5.74) is 3.39. The minimum Gasteiger partial charge on any atom is -0.495 e. The van der Waals surface area contributed by atoms with Gasteiger partial charge < -0.3 is 10.1 Å². The van der Waals surface area contributed by atoms with E-state index in [2.05, 4.69) is 12.2 Å². The quantitative estimate of drug-likeness (QED) is 0.711. The maximum atomic E-state index is 12.9. The van der Waals surface area contributed by atoms with E-state index in [9.17, 15) is 13.2 Å². The molecule has 2 atom stereocenters. The van der Waals surface area contributed by atoms with E-state index in [1.54, 1.807) is 19.1 Å². The number of nitrogens with zero attached hydrogens (tertiary/aromatic N) is 1. The van der Waals surface area contributed by atoms with E-state index >= 15 is 0 Å². The van der Waals surface area contributed by atoms with Crippen LogP contribution in [0.15, 0.2) is 42.5 Å². The molecule has 158 valence electrons. The van der Waals surface area contributed by atoms with Crippen LogP contribution in [0.3, 0.4) is 0 Å². The van der Waals surface area contributed by atoms with Gasteiger partial charge in [0.2, 0.25) is 15.9 Å². The molecule has 0 aliphatic carbocycles. The standard InChI is InChI=1S/C22H30N2O4S/c1-7-18-9-11-19(12-10-18)16(3)23-22(25)17(4)24(29(6,26)27)20-14-15(2)8-13-21(20)28-5/h8-14,16-17H,7H2,1-6H3,(H,23,25). The number of rotatable bonds is 8. The highest BCUT2D eigenvalue weighted by Gasteiger charge is 2.32. The Balaban J connectivity index is 2.30. The average molecular weight is 419 g/mol. The number of amides is 1. The molecule has 0 aliphatic heterocycles. The molecule has 2 aromatic rings. The molecule has 6 nitrogen and oxygen atoms in total. The average Bonchev–Trinajstić information content (AvgIpc) is 2.67. The van der Waals surface area contributed by atoms with Gasteiger partial charge in [-0.15, -0.1) is 0 Å². The highest BCUT2D eigenvalue weighted by Crippen LogP contribution is 2.32. The Bertz CT molecular complexity index is 955. The highest BCUT2D eigenvalue weighted by molar-refractivity contribution is 7.92. The maximum Gasteiger partial charge on any atom is 0.244 e. The SMILES string of the molecule is CCc1ccc(C(C)NC(=O)C(C)N(c2cc(C)ccc2OC)S(C)(=O)=O)cc1. The summed E-state index contributed by atoms with van der Waals surface area (Å²) >= 11 is 0. The van der Waals surface area contributed by atoms with E-state index in [0.29, 0.717) is 11.4 Å². The van der Waals surface area contributed by atoms with Gasteiger partial charge in [0.1, 0.15) is 11.8 Å². The lowest BCUT2D eigenvalue weighted by Gasteiger charge is -2.30. The lowest BCUT2D eigenvalue weighted by molar-refractivity contribution is -0.122. The summed E-state index contributed by atoms with van der Waals surface area (Å²) in [6.07, 6.45) is 2.03. The molecular weight excluding hydrogens is 388 g/mol. The van der Waals surface area contributed by atoms with Crippen LogP contribution in [0.25, 0.3) is 0 Å². The number of anilines is 1. The fourth-order valence-corrected chi connectivity index (χ4v) is 4.38. The highest BCUT2D eigenvalue weighted by atomic mass is 32.2. The molecule has 0 aliphatic rings. The van der Waals surface area contributed by atoms with Crippen LogP contribution in [0, 0.1) is 6.92 Å². The fraction of sp³-hybridized carbons (Fsp3) is 0.409. The lowest BCUT2D eigenvalue weighted by Crippen LogP contribution is -2.48. The van der Waals surface area contributed by atoms with Gasteiger partial charge in [-0.3, -0.25) is 9.10 Å². The van der Waals surface area contributed by atoms with E-state index in [0.717, 1.165) is 28.1 Å². The van der Waals surface area contributed by atoms with Crippen molar-refractivity contribution >= 4 is 21.6 Å². The molecule has 2 aromatic carbocycles. The normalized spacial score (nSPS) is 13.4.